The fourth-order valence-corrected chi connectivity index (χ4v) is 7.30. The molecule has 3 heterocycles. The molecule has 3 aromatic heterocycles. The zero-order valence-electron chi connectivity index (χ0n) is 51.0. The molecule has 0 atom stereocenters. The van der Waals surface area contributed by atoms with E-state index in [4.69, 9.17) is 11.6 Å². The zero-order valence-corrected chi connectivity index (χ0v) is 51.8. The van der Waals surface area contributed by atoms with Crippen molar-refractivity contribution in [2.24, 2.45) is 0 Å². The Bertz CT molecular complexity index is 2710. The molecule has 9 aromatic rings. The lowest BCUT2D eigenvalue weighted by Gasteiger charge is -2.00. The van der Waals surface area contributed by atoms with Crippen molar-refractivity contribution in [2.75, 3.05) is 0 Å². The van der Waals surface area contributed by atoms with Crippen LogP contribution in [-0.2, 0) is 6.42 Å². The van der Waals surface area contributed by atoms with Gasteiger partial charge in [0.1, 0.15) is 0 Å². The number of aryl methyl sites for hydroxylation is 20. The molecule has 0 radical (unpaired) electrons. The van der Waals surface area contributed by atoms with Crippen LogP contribution in [0.25, 0.3) is 0 Å². The number of hydrogen-bond acceptors (Lipinski definition) is 4. The molecule has 0 aliphatic carbocycles. The highest BCUT2D eigenvalue weighted by Crippen LogP contribution is 2.18. The first-order chi connectivity index (χ1) is 36.3. The second-order valence-electron chi connectivity index (χ2n) is 20.1. The Kier molecular flexibility index (Phi) is 38.5. The molecule has 0 aliphatic heterocycles. The van der Waals surface area contributed by atoms with Crippen molar-refractivity contribution in [1.29, 1.82) is 0 Å². The molecule has 0 bridgehead atoms. The van der Waals surface area contributed by atoms with Crippen LogP contribution in [0.4, 0.5) is 0 Å². The predicted molar refractivity (Wildman–Crippen MR) is 352 cm³/mol. The van der Waals surface area contributed by atoms with Gasteiger partial charge in [-0.15, -0.1) is 0 Å². The molecular weight excluding hydrogens is 980 g/mol. The summed E-state index contributed by atoms with van der Waals surface area (Å²) in [5.74, 6) is 0. The number of pyridine rings is 2. The quantitative estimate of drug-likeness (QED) is 0.164. The number of aromatic nitrogens is 4. The van der Waals surface area contributed by atoms with Crippen molar-refractivity contribution in [3.63, 3.8) is 0 Å². The van der Waals surface area contributed by atoms with E-state index in [0.717, 1.165) is 51.0 Å². The Morgan fingerprint density at radius 3 is 0.949 bits per heavy atom. The van der Waals surface area contributed by atoms with Crippen molar-refractivity contribution < 1.29 is 0 Å². The summed E-state index contributed by atoms with van der Waals surface area (Å²) in [6.45, 7) is 43.7. The Labute approximate surface area is 488 Å². The van der Waals surface area contributed by atoms with E-state index in [-0.39, 0.29) is 14.9 Å². The molecule has 0 unspecified atom stereocenters. The molecule has 0 saturated carbocycles. The van der Waals surface area contributed by atoms with Gasteiger partial charge in [0, 0.05) is 40.7 Å². The van der Waals surface area contributed by atoms with E-state index in [0.29, 0.717) is 0 Å². The Morgan fingerprint density at radius 2 is 0.684 bits per heavy atom. The molecule has 0 aliphatic rings. The van der Waals surface area contributed by atoms with Crippen molar-refractivity contribution in [3.05, 3.63) is 293 Å². The second-order valence-corrected chi connectivity index (χ2v) is 20.5. The van der Waals surface area contributed by atoms with E-state index < -0.39 is 0 Å². The molecule has 4 nitrogen and oxygen atoms in total. The van der Waals surface area contributed by atoms with E-state index in [1.165, 1.54) is 77.9 Å². The minimum Gasteiger partial charge on any atom is -0.262 e. The van der Waals surface area contributed by atoms with Crippen LogP contribution in [0, 0.1) is 138 Å². The lowest BCUT2D eigenvalue weighted by molar-refractivity contribution is 1.05. The van der Waals surface area contributed by atoms with Crippen LogP contribution >= 0.6 is 11.6 Å². The molecule has 9 rings (SSSR count). The van der Waals surface area contributed by atoms with E-state index in [1.54, 1.807) is 12.4 Å². The summed E-state index contributed by atoms with van der Waals surface area (Å²) in [4.78, 5) is 16.2. The Hall–Kier alpha value is -7.01. The summed E-state index contributed by atoms with van der Waals surface area (Å²) >= 11 is 5.88. The van der Waals surface area contributed by atoms with Crippen LogP contribution < -0.4 is 0 Å². The predicted octanol–water partition coefficient (Wildman–Crippen LogP) is 21.4. The van der Waals surface area contributed by atoms with Gasteiger partial charge >= 0.3 is 0 Å². The van der Waals surface area contributed by atoms with Gasteiger partial charge in [-0.3, -0.25) is 19.9 Å². The molecule has 0 N–H and O–H groups in total. The van der Waals surface area contributed by atoms with Gasteiger partial charge in [-0.2, -0.15) is 0 Å². The highest BCUT2D eigenvalue weighted by molar-refractivity contribution is 6.32. The molecule has 424 valence electrons. The average Bonchev–Trinajstić information content (AvgIpc) is 3.36. The molecule has 0 saturated heterocycles. The van der Waals surface area contributed by atoms with Crippen LogP contribution in [0.15, 0.2) is 170 Å². The van der Waals surface area contributed by atoms with E-state index in [2.05, 4.69) is 226 Å². The molecule has 79 heavy (non-hydrogen) atoms. The van der Waals surface area contributed by atoms with Gasteiger partial charge in [-0.05, 0) is 230 Å². The standard InChI is InChI=1S/4C9H12.C8H9Cl.C8H10.2C7H9N.C6H8N2.2CH4/c2*1-7-4-5-8(2)9(3)6-7;1-7-5-4-6-8(2)9(7)3;1-3-9-6-4-5-8(2)7-9;1-6-4-3-5-7(2)8(6)9;1-7-4-3-5-8(2)6-7;1-6-3-4-8-7(2)5-6;1-6-4-3-5-7(2)8-6;1-5-3-7-4-6(2)8-5;;/h3*4-6H,1-3H3;4-7H,3H2,1-2H3;3-5H,1-2H3;3-6H,1-2H3;2*3-5H,1-2H3;3-4H,1-2H3;2*1H4. The van der Waals surface area contributed by atoms with Gasteiger partial charge in [0.05, 0.1) is 11.4 Å². The fraction of sp³-hybridized carbons (Fsp3) is 0.324. The van der Waals surface area contributed by atoms with E-state index in [9.17, 15) is 0 Å². The molecule has 0 amide bonds. The van der Waals surface area contributed by atoms with Crippen LogP contribution in [0.5, 0.6) is 0 Å². The van der Waals surface area contributed by atoms with Crippen LogP contribution in [0.2, 0.25) is 5.02 Å². The van der Waals surface area contributed by atoms with E-state index in [1.807, 2.05) is 97.1 Å². The third-order valence-corrected chi connectivity index (χ3v) is 12.8. The van der Waals surface area contributed by atoms with Crippen LogP contribution in [0.3, 0.4) is 0 Å². The van der Waals surface area contributed by atoms with Crippen LogP contribution in [-0.4, -0.2) is 19.9 Å². The maximum atomic E-state index is 5.88. The third kappa shape index (κ3) is 34.5. The highest BCUT2D eigenvalue weighted by Gasteiger charge is 1.96. The van der Waals surface area contributed by atoms with Gasteiger partial charge in [0.25, 0.3) is 0 Å². The number of halogens is 1. The molecular formula is C74H101ClN4. The fourth-order valence-electron chi connectivity index (χ4n) is 7.17. The SMILES string of the molecule is C.C.CCc1cccc(C)c1.Cc1ccc(C)c(C)c1.Cc1ccc(C)c(C)c1.Cc1cccc(C)c1.Cc1cccc(C)c1C.Cc1cccc(C)c1Cl.Cc1cccc(C)n1.Cc1ccnc(C)c1.Cc1cncc(C)n1. The smallest absolute Gasteiger partial charge is 0.0558 e. The zero-order chi connectivity index (χ0) is 58.0. The first-order valence-electron chi connectivity index (χ1n) is 26.8. The normalized spacial score (nSPS) is 9.24. The number of benzene rings is 6. The molecule has 0 spiro atoms. The largest absolute Gasteiger partial charge is 0.262 e. The summed E-state index contributed by atoms with van der Waals surface area (Å²) in [5, 5.41) is 0.887. The van der Waals surface area contributed by atoms with Crippen molar-refractivity contribution in [3.8, 4) is 0 Å². The first kappa shape index (κ1) is 74.1. The van der Waals surface area contributed by atoms with Crippen molar-refractivity contribution >= 4 is 11.6 Å². The number of nitrogens with zero attached hydrogens (tertiary/aromatic N) is 4. The second kappa shape index (κ2) is 41.1. The minimum absolute atomic E-state index is 0. The Balaban J connectivity index is 0. The Morgan fingerprint density at radius 1 is 0.316 bits per heavy atom. The third-order valence-electron chi connectivity index (χ3n) is 12.2. The molecule has 5 heteroatoms. The van der Waals surface area contributed by atoms with Gasteiger partial charge in [-0.25, -0.2) is 0 Å². The van der Waals surface area contributed by atoms with Gasteiger partial charge in [0.15, 0.2) is 0 Å². The average molecular weight is 1080 g/mol. The van der Waals surface area contributed by atoms with Gasteiger partial charge in [-0.1, -0.05) is 189 Å². The maximum absolute atomic E-state index is 5.88. The summed E-state index contributed by atoms with van der Waals surface area (Å²) in [6.07, 6.45) is 6.45. The number of hydrogen-bond donors (Lipinski definition) is 0. The van der Waals surface area contributed by atoms with Crippen LogP contribution in [0.1, 0.15) is 139 Å². The van der Waals surface area contributed by atoms with Crippen molar-refractivity contribution in [1.82, 2.24) is 19.9 Å². The molecule has 6 aromatic carbocycles. The summed E-state index contributed by atoms with van der Waals surface area (Å²) in [5.41, 5.74) is 26.6. The summed E-state index contributed by atoms with van der Waals surface area (Å²) in [7, 11) is 0. The first-order valence-corrected chi connectivity index (χ1v) is 27.1. The summed E-state index contributed by atoms with van der Waals surface area (Å²) < 4.78 is 0. The lowest BCUT2D eigenvalue weighted by Crippen LogP contribution is -1.85. The summed E-state index contributed by atoms with van der Waals surface area (Å²) in [6, 6.07) is 52.5. The van der Waals surface area contributed by atoms with E-state index >= 15 is 0 Å². The number of rotatable bonds is 1. The topological polar surface area (TPSA) is 51.6 Å². The lowest BCUT2D eigenvalue weighted by atomic mass is 10.1. The van der Waals surface area contributed by atoms with Crippen molar-refractivity contribution in [2.45, 2.75) is 167 Å². The van der Waals surface area contributed by atoms with Gasteiger partial charge in [0.2, 0.25) is 0 Å². The van der Waals surface area contributed by atoms with Gasteiger partial charge < -0.3 is 0 Å². The maximum Gasteiger partial charge on any atom is 0.0558 e. The molecule has 0 fully saturated rings. The highest BCUT2D eigenvalue weighted by atomic mass is 35.5. The monoisotopic (exact) mass is 1080 g/mol. The minimum atomic E-state index is 0.